The highest BCUT2D eigenvalue weighted by molar-refractivity contribution is 5.61. The maximum Gasteiger partial charge on any atom is 0.172 e. The van der Waals surface area contributed by atoms with E-state index in [0.717, 1.165) is 98.3 Å². The van der Waals surface area contributed by atoms with E-state index in [0.29, 0.717) is 52.4 Å². The Morgan fingerprint density at radius 3 is 1.65 bits per heavy atom. The second-order valence-corrected chi connectivity index (χ2v) is 16.0. The number of ether oxygens (including phenoxy) is 2. The SMILES string of the molecule is N#Cc1ccc2c(c1)Oc1c(O)cccc1C2C1CCN(Cc2ccccn2)CC1.N#Cc1ccc2c(c1)Oc1c(O)cccc1C2C1CCNCC1.O=CCc1ccccn1. The number of aldehydes is 1. The lowest BCUT2D eigenvalue weighted by Gasteiger charge is -2.39. The van der Waals surface area contributed by atoms with Crippen LogP contribution in [0.25, 0.3) is 0 Å². The molecular formula is C51H48N6O5. The summed E-state index contributed by atoms with van der Waals surface area (Å²) in [5, 5.41) is 42.5. The number of carbonyl (C=O) groups excluding carboxylic acids is 1. The predicted molar refractivity (Wildman–Crippen MR) is 234 cm³/mol. The Bertz CT molecular complexity index is 2580. The maximum atomic E-state index is 10.4. The Hall–Kier alpha value is -7.05. The summed E-state index contributed by atoms with van der Waals surface area (Å²) in [5.74, 6) is 4.07. The number of benzene rings is 4. The Morgan fingerprint density at radius 1 is 0.645 bits per heavy atom. The van der Waals surface area contributed by atoms with Gasteiger partial charge >= 0.3 is 0 Å². The molecule has 0 spiro atoms. The molecule has 0 radical (unpaired) electrons. The Morgan fingerprint density at radius 2 is 1.16 bits per heavy atom. The first-order valence-corrected chi connectivity index (χ1v) is 21.2. The number of hydrogen-bond acceptors (Lipinski definition) is 11. The number of piperidine rings is 2. The van der Waals surface area contributed by atoms with Crippen LogP contribution in [-0.2, 0) is 17.8 Å². The van der Waals surface area contributed by atoms with Gasteiger partial charge in [-0.15, -0.1) is 0 Å². The summed E-state index contributed by atoms with van der Waals surface area (Å²) in [6.07, 6.45) is 9.11. The van der Waals surface area contributed by atoms with Crippen LogP contribution in [0.2, 0.25) is 0 Å². The highest BCUT2D eigenvalue weighted by atomic mass is 16.5. The normalized spacial score (nSPS) is 17.8. The minimum absolute atomic E-state index is 0.151. The quantitative estimate of drug-likeness (QED) is 0.137. The lowest BCUT2D eigenvalue weighted by Crippen LogP contribution is -2.36. The van der Waals surface area contributed by atoms with Gasteiger partial charge in [-0.1, -0.05) is 48.5 Å². The molecule has 2 fully saturated rings. The second kappa shape index (κ2) is 19.6. The number of carbonyl (C=O) groups is 1. The van der Waals surface area contributed by atoms with E-state index in [2.05, 4.69) is 44.5 Å². The zero-order valence-corrected chi connectivity index (χ0v) is 34.4. The molecule has 312 valence electrons. The third kappa shape index (κ3) is 9.30. The van der Waals surface area contributed by atoms with Gasteiger partial charge in [0.05, 0.1) is 29.0 Å². The molecule has 0 bridgehead atoms. The van der Waals surface area contributed by atoms with Crippen molar-refractivity contribution >= 4 is 6.29 Å². The lowest BCUT2D eigenvalue weighted by molar-refractivity contribution is -0.107. The summed E-state index contributed by atoms with van der Waals surface area (Å²) in [4.78, 5) is 20.8. The van der Waals surface area contributed by atoms with Crippen molar-refractivity contribution in [1.82, 2.24) is 20.2 Å². The molecule has 4 aromatic carbocycles. The van der Waals surface area contributed by atoms with E-state index in [-0.39, 0.29) is 23.3 Å². The third-order valence-corrected chi connectivity index (χ3v) is 12.2. The molecule has 6 aromatic rings. The molecule has 11 nitrogen and oxygen atoms in total. The molecule has 6 heterocycles. The standard InChI is InChI=1S/C25H23N3O2.C19H18N2O2.C7H7NO/c26-15-17-7-8-20-23(14-17)30-25-21(5-3-6-22(25)29)24(20)18-9-12-28(13-10-18)16-19-4-1-2-11-27-19;20-11-12-4-5-14-17(10-12)23-19-15(2-1-3-16(19)22)18(14)13-6-8-21-9-7-13;9-6-4-7-3-1-2-5-8-7/h1-8,11,14,18,24,29H,9-10,12-13,16H2;1-5,10,13,18,21-22H,6-9H2;1-3,5-6H,4H2. The van der Waals surface area contributed by atoms with Gasteiger partial charge in [0.15, 0.2) is 23.0 Å². The average Bonchev–Trinajstić information content (AvgIpc) is 3.32. The van der Waals surface area contributed by atoms with Crippen LogP contribution in [0.1, 0.15) is 82.3 Å². The first-order chi connectivity index (χ1) is 30.4. The monoisotopic (exact) mass is 824 g/mol. The number of hydrogen-bond donors (Lipinski definition) is 3. The largest absolute Gasteiger partial charge is 0.504 e. The molecule has 2 aromatic heterocycles. The predicted octanol–water partition coefficient (Wildman–Crippen LogP) is 9.13. The van der Waals surface area contributed by atoms with Gasteiger partial charge in [-0.2, -0.15) is 10.5 Å². The van der Waals surface area contributed by atoms with Crippen molar-refractivity contribution in [2.45, 2.75) is 50.5 Å². The van der Waals surface area contributed by atoms with E-state index in [4.69, 9.17) is 14.7 Å². The number of aromatic nitrogens is 2. The molecule has 2 atom stereocenters. The van der Waals surface area contributed by atoms with Crippen molar-refractivity contribution in [3.8, 4) is 46.6 Å². The summed E-state index contributed by atoms with van der Waals surface area (Å²) < 4.78 is 12.0. The molecule has 0 amide bonds. The molecule has 62 heavy (non-hydrogen) atoms. The molecule has 11 heteroatoms. The van der Waals surface area contributed by atoms with Gasteiger partial charge in [0.2, 0.25) is 0 Å². The third-order valence-electron chi connectivity index (χ3n) is 12.2. The van der Waals surface area contributed by atoms with Crippen molar-refractivity contribution in [2.24, 2.45) is 11.8 Å². The van der Waals surface area contributed by atoms with E-state index in [1.165, 1.54) is 0 Å². The van der Waals surface area contributed by atoms with E-state index >= 15 is 0 Å². The van der Waals surface area contributed by atoms with Crippen molar-refractivity contribution in [3.05, 3.63) is 166 Å². The van der Waals surface area contributed by atoms with Crippen LogP contribution < -0.4 is 14.8 Å². The van der Waals surface area contributed by atoms with E-state index < -0.39 is 0 Å². The summed E-state index contributed by atoms with van der Waals surface area (Å²) in [6.45, 7) is 4.93. The number of para-hydroxylation sites is 2. The van der Waals surface area contributed by atoms with Crippen LogP contribution in [-0.4, -0.2) is 57.5 Å². The summed E-state index contributed by atoms with van der Waals surface area (Å²) in [5.41, 5.74) is 7.39. The smallest absolute Gasteiger partial charge is 0.172 e. The van der Waals surface area contributed by atoms with Gasteiger partial charge < -0.3 is 29.8 Å². The van der Waals surface area contributed by atoms with Crippen molar-refractivity contribution in [1.29, 1.82) is 10.5 Å². The van der Waals surface area contributed by atoms with Gasteiger partial charge in [-0.3, -0.25) is 14.9 Å². The van der Waals surface area contributed by atoms with E-state index in [9.17, 15) is 20.3 Å². The fourth-order valence-electron chi connectivity index (χ4n) is 9.21. The second-order valence-electron chi connectivity index (χ2n) is 16.0. The molecule has 3 N–H and O–H groups in total. The van der Waals surface area contributed by atoms with Crippen molar-refractivity contribution in [3.63, 3.8) is 0 Å². The molecule has 2 saturated heterocycles. The van der Waals surface area contributed by atoms with Gasteiger partial charge in [0.1, 0.15) is 17.8 Å². The number of nitrogens with one attached hydrogen (secondary N) is 1. The van der Waals surface area contributed by atoms with Crippen LogP contribution in [0.3, 0.4) is 0 Å². The number of phenolic OH excluding ortho intramolecular Hbond substituents is 2. The molecule has 10 rings (SSSR count). The average molecular weight is 825 g/mol. The van der Waals surface area contributed by atoms with Crippen molar-refractivity contribution in [2.75, 3.05) is 26.2 Å². The number of nitrogens with zero attached hydrogens (tertiary/aromatic N) is 5. The number of phenols is 2. The Balaban J connectivity index is 0.000000146. The molecule has 0 aliphatic carbocycles. The number of rotatable bonds is 6. The first-order valence-electron chi connectivity index (χ1n) is 21.2. The zero-order valence-electron chi connectivity index (χ0n) is 34.4. The molecule has 2 unspecified atom stereocenters. The van der Waals surface area contributed by atoms with Crippen LogP contribution in [0.5, 0.6) is 34.5 Å². The number of likely N-dealkylation sites (tertiary alicyclic amines) is 1. The highest BCUT2D eigenvalue weighted by Crippen LogP contribution is 2.54. The van der Waals surface area contributed by atoms with Gasteiger partial charge in [0, 0.05) is 65.1 Å². The topological polar surface area (TPSA) is 165 Å². The fraction of sp³-hybridized carbons (Fsp3) is 0.275. The zero-order chi connectivity index (χ0) is 42.8. The summed E-state index contributed by atoms with van der Waals surface area (Å²) in [6, 6.07) is 38.4. The number of nitriles is 2. The van der Waals surface area contributed by atoms with Crippen LogP contribution in [0.15, 0.2) is 122 Å². The molecule has 4 aliphatic rings. The minimum atomic E-state index is 0.151. The van der Waals surface area contributed by atoms with Crippen molar-refractivity contribution < 1.29 is 24.5 Å². The van der Waals surface area contributed by atoms with Gasteiger partial charge in [0.25, 0.3) is 0 Å². The van der Waals surface area contributed by atoms with Crippen LogP contribution >= 0.6 is 0 Å². The van der Waals surface area contributed by atoms with Gasteiger partial charge in [-0.25, -0.2) is 0 Å². The fourth-order valence-corrected chi connectivity index (χ4v) is 9.21. The minimum Gasteiger partial charge on any atom is -0.504 e. The number of aromatic hydroxyl groups is 2. The van der Waals surface area contributed by atoms with Crippen LogP contribution in [0.4, 0.5) is 0 Å². The highest BCUT2D eigenvalue weighted by Gasteiger charge is 2.37. The van der Waals surface area contributed by atoms with E-state index in [1.54, 1.807) is 30.5 Å². The first kappa shape index (κ1) is 41.7. The molecule has 0 saturated carbocycles. The summed E-state index contributed by atoms with van der Waals surface area (Å²) >= 11 is 0. The molecular weight excluding hydrogens is 777 g/mol. The maximum absolute atomic E-state index is 10.4. The Kier molecular flexibility index (Phi) is 13.1. The Labute approximate surface area is 361 Å². The number of pyridine rings is 2. The van der Waals surface area contributed by atoms with E-state index in [1.807, 2.05) is 79.0 Å². The van der Waals surface area contributed by atoms with Crippen LogP contribution in [0, 0.1) is 34.5 Å². The molecule has 4 aliphatic heterocycles. The lowest BCUT2D eigenvalue weighted by atomic mass is 9.74. The van der Waals surface area contributed by atoms with Gasteiger partial charge in [-0.05, 0) is 124 Å². The summed E-state index contributed by atoms with van der Waals surface area (Å²) in [7, 11) is 0. The number of fused-ring (bicyclic) bond motifs is 4.